The molecule has 0 amide bonds. The number of fused-ring (bicyclic) bond motifs is 2. The quantitative estimate of drug-likeness (QED) is 0.246. The number of hydrogen-bond donors (Lipinski definition) is 1. The maximum atomic E-state index is 13.7. The van der Waals surface area contributed by atoms with Crippen molar-refractivity contribution in [1.29, 1.82) is 0 Å². The van der Waals surface area contributed by atoms with Crippen LogP contribution in [0, 0.1) is 10.5 Å². The second kappa shape index (κ2) is 10.6. The van der Waals surface area contributed by atoms with Crippen molar-refractivity contribution in [3.63, 3.8) is 0 Å². The molecule has 194 valence electrons. The molecule has 0 saturated heterocycles. The molecular formula is C31H28INO5. The lowest BCUT2D eigenvalue weighted by atomic mass is 9.79. The Labute approximate surface area is 235 Å². The van der Waals surface area contributed by atoms with Crippen molar-refractivity contribution >= 4 is 40.0 Å². The van der Waals surface area contributed by atoms with E-state index in [4.69, 9.17) is 14.2 Å². The fourth-order valence-electron chi connectivity index (χ4n) is 5.03. The highest BCUT2D eigenvalue weighted by atomic mass is 127. The maximum Gasteiger partial charge on any atom is 0.336 e. The maximum absolute atomic E-state index is 13.7. The molecule has 1 aliphatic heterocycles. The predicted molar refractivity (Wildman–Crippen MR) is 154 cm³/mol. The van der Waals surface area contributed by atoms with E-state index in [9.17, 15) is 9.59 Å². The number of esters is 1. The predicted octanol–water partition coefficient (Wildman–Crippen LogP) is 6.32. The van der Waals surface area contributed by atoms with E-state index in [1.165, 1.54) is 5.56 Å². The molecule has 0 fully saturated rings. The fourth-order valence-corrected chi connectivity index (χ4v) is 5.81. The summed E-state index contributed by atoms with van der Waals surface area (Å²) >= 11 is 2.22. The minimum atomic E-state index is -0.626. The number of dihydropyridines is 1. The molecule has 1 N–H and O–H groups in total. The first kappa shape index (κ1) is 26.0. The van der Waals surface area contributed by atoms with Gasteiger partial charge in [-0.15, -0.1) is 0 Å². The van der Waals surface area contributed by atoms with Crippen molar-refractivity contribution in [1.82, 2.24) is 5.32 Å². The van der Waals surface area contributed by atoms with Gasteiger partial charge in [0, 0.05) is 28.3 Å². The van der Waals surface area contributed by atoms with Crippen molar-refractivity contribution < 1.29 is 23.8 Å². The minimum absolute atomic E-state index is 0.101. The summed E-state index contributed by atoms with van der Waals surface area (Å²) in [5, 5.41) is 3.33. The molecule has 0 radical (unpaired) electrons. The number of halogens is 1. The molecule has 7 heteroatoms. The SMILES string of the molecule is CCOC(=O)C1=C(C)NC2=C(C(=O)c3ccccc32)[C@H]1c1cc(I)c(OCc2ccc(C)cc2)c(OC)c1. The van der Waals surface area contributed by atoms with Gasteiger partial charge in [-0.1, -0.05) is 54.1 Å². The van der Waals surface area contributed by atoms with E-state index in [2.05, 4.69) is 40.0 Å². The molecule has 0 aromatic heterocycles. The smallest absolute Gasteiger partial charge is 0.336 e. The summed E-state index contributed by atoms with van der Waals surface area (Å²) in [6.45, 7) is 6.28. The van der Waals surface area contributed by atoms with Gasteiger partial charge < -0.3 is 19.5 Å². The summed E-state index contributed by atoms with van der Waals surface area (Å²) in [6, 6.07) is 19.5. The normalized spacial score (nSPS) is 16.1. The van der Waals surface area contributed by atoms with Crippen LogP contribution in [-0.2, 0) is 16.1 Å². The average Bonchev–Trinajstić information content (AvgIpc) is 3.19. The molecule has 5 rings (SSSR count). The first-order valence-corrected chi connectivity index (χ1v) is 13.5. The Bertz CT molecular complexity index is 1500. The number of benzene rings is 3. The lowest BCUT2D eigenvalue weighted by molar-refractivity contribution is -0.138. The summed E-state index contributed by atoms with van der Waals surface area (Å²) in [6.07, 6.45) is 0. The third-order valence-electron chi connectivity index (χ3n) is 6.83. The zero-order chi connectivity index (χ0) is 27.0. The molecule has 0 unspecified atom stereocenters. The lowest BCUT2D eigenvalue weighted by Crippen LogP contribution is -2.29. The lowest BCUT2D eigenvalue weighted by Gasteiger charge is -2.30. The van der Waals surface area contributed by atoms with Crippen LogP contribution < -0.4 is 14.8 Å². The number of carbonyl (C=O) groups is 2. The molecule has 3 aromatic rings. The van der Waals surface area contributed by atoms with Crippen LogP contribution in [0.25, 0.3) is 5.70 Å². The molecule has 3 aromatic carbocycles. The van der Waals surface area contributed by atoms with Crippen molar-refractivity contribution in [3.8, 4) is 11.5 Å². The topological polar surface area (TPSA) is 73.9 Å². The van der Waals surface area contributed by atoms with Gasteiger partial charge in [-0.3, -0.25) is 4.79 Å². The van der Waals surface area contributed by atoms with Crippen LogP contribution in [0.4, 0.5) is 0 Å². The molecule has 38 heavy (non-hydrogen) atoms. The number of nitrogens with one attached hydrogen (secondary N) is 1. The van der Waals surface area contributed by atoms with E-state index in [-0.39, 0.29) is 12.4 Å². The summed E-state index contributed by atoms with van der Waals surface area (Å²) in [5.41, 5.74) is 6.77. The van der Waals surface area contributed by atoms with Crippen LogP contribution in [0.5, 0.6) is 11.5 Å². The Morgan fingerprint density at radius 3 is 2.42 bits per heavy atom. The molecule has 1 heterocycles. The van der Waals surface area contributed by atoms with E-state index in [1.54, 1.807) is 14.0 Å². The van der Waals surface area contributed by atoms with Gasteiger partial charge in [0.2, 0.25) is 0 Å². The van der Waals surface area contributed by atoms with E-state index >= 15 is 0 Å². The molecule has 0 bridgehead atoms. The number of ether oxygens (including phenoxy) is 3. The van der Waals surface area contributed by atoms with Crippen molar-refractivity contribution in [3.05, 3.63) is 109 Å². The molecule has 0 saturated carbocycles. The van der Waals surface area contributed by atoms with Crippen LogP contribution in [0.1, 0.15) is 52.4 Å². The highest BCUT2D eigenvalue weighted by Crippen LogP contribution is 2.48. The molecule has 1 atom stereocenters. The number of rotatable bonds is 7. The monoisotopic (exact) mass is 621 g/mol. The van der Waals surface area contributed by atoms with Crippen molar-refractivity contribution in [2.24, 2.45) is 0 Å². The van der Waals surface area contributed by atoms with Gasteiger partial charge in [-0.2, -0.15) is 0 Å². The number of hydrogen-bond acceptors (Lipinski definition) is 6. The second-order valence-corrected chi connectivity index (χ2v) is 10.5. The Kier molecular flexibility index (Phi) is 7.29. The van der Waals surface area contributed by atoms with Gasteiger partial charge in [0.05, 0.1) is 28.6 Å². The van der Waals surface area contributed by atoms with E-state index < -0.39 is 11.9 Å². The third kappa shape index (κ3) is 4.60. The summed E-state index contributed by atoms with van der Waals surface area (Å²) in [4.78, 5) is 26.9. The summed E-state index contributed by atoms with van der Waals surface area (Å²) in [5.74, 6) is -0.0372. The number of ketones is 1. The van der Waals surface area contributed by atoms with Gasteiger partial charge in [0.1, 0.15) is 6.61 Å². The van der Waals surface area contributed by atoms with Gasteiger partial charge in [-0.25, -0.2) is 4.79 Å². The fraction of sp³-hybridized carbons (Fsp3) is 0.226. The van der Waals surface area contributed by atoms with Gasteiger partial charge in [0.25, 0.3) is 0 Å². The molecule has 2 aliphatic rings. The van der Waals surface area contributed by atoms with Crippen LogP contribution in [0.2, 0.25) is 0 Å². The number of aryl methyl sites for hydroxylation is 1. The zero-order valence-corrected chi connectivity index (χ0v) is 23.8. The number of Topliss-reactive ketones (excluding diaryl/α,β-unsaturated/α-hetero) is 1. The van der Waals surface area contributed by atoms with Crippen LogP contribution >= 0.6 is 22.6 Å². The summed E-state index contributed by atoms with van der Waals surface area (Å²) in [7, 11) is 1.59. The van der Waals surface area contributed by atoms with Gasteiger partial charge >= 0.3 is 5.97 Å². The second-order valence-electron chi connectivity index (χ2n) is 9.29. The van der Waals surface area contributed by atoms with Gasteiger partial charge in [0.15, 0.2) is 17.3 Å². The van der Waals surface area contributed by atoms with Gasteiger partial charge in [-0.05, 0) is 66.6 Å². The number of methoxy groups -OCH3 is 1. The Balaban J connectivity index is 1.60. The van der Waals surface area contributed by atoms with E-state index in [0.717, 1.165) is 26.0 Å². The number of carbonyl (C=O) groups excluding carboxylic acids is 2. The zero-order valence-electron chi connectivity index (χ0n) is 21.7. The summed E-state index contributed by atoms with van der Waals surface area (Å²) < 4.78 is 18.2. The van der Waals surface area contributed by atoms with E-state index in [0.29, 0.717) is 40.5 Å². The van der Waals surface area contributed by atoms with Crippen LogP contribution in [0.15, 0.2) is 77.5 Å². The van der Waals surface area contributed by atoms with E-state index in [1.807, 2.05) is 62.4 Å². The Morgan fingerprint density at radius 2 is 1.74 bits per heavy atom. The van der Waals surface area contributed by atoms with Crippen LogP contribution in [0.3, 0.4) is 0 Å². The molecule has 0 spiro atoms. The highest BCUT2D eigenvalue weighted by Gasteiger charge is 2.43. The Hall–Kier alpha value is -3.59. The molecule has 1 aliphatic carbocycles. The minimum Gasteiger partial charge on any atom is -0.493 e. The largest absolute Gasteiger partial charge is 0.493 e. The Morgan fingerprint density at radius 1 is 1.03 bits per heavy atom. The van der Waals surface area contributed by atoms with Crippen LogP contribution in [-0.4, -0.2) is 25.5 Å². The van der Waals surface area contributed by atoms with Crippen molar-refractivity contribution in [2.75, 3.05) is 13.7 Å². The molecule has 6 nitrogen and oxygen atoms in total. The molecular weight excluding hydrogens is 593 g/mol. The average molecular weight is 621 g/mol. The highest BCUT2D eigenvalue weighted by molar-refractivity contribution is 14.1. The first-order valence-electron chi connectivity index (χ1n) is 12.4. The standard InChI is InChI=1S/C31H28INO5/c1-5-37-31(35)25-18(3)33-28-21-8-6-7-9-22(21)29(34)27(28)26(25)20-14-23(32)30(24(15-20)36-4)38-16-19-12-10-17(2)11-13-19/h6-15,26,33H,5,16H2,1-4H3/t26-/m0/s1. The van der Waals surface area contributed by atoms with Crippen molar-refractivity contribution in [2.45, 2.75) is 33.3 Å². The first-order chi connectivity index (χ1) is 18.3. The third-order valence-corrected chi connectivity index (χ3v) is 7.63. The number of allylic oxidation sites excluding steroid dienone is 2.